The summed E-state index contributed by atoms with van der Waals surface area (Å²) in [4.78, 5) is 12.2. The smallest absolute Gasteiger partial charge is 0.293 e. The van der Waals surface area contributed by atoms with Gasteiger partial charge in [-0.15, -0.1) is 0 Å². The number of ether oxygens (including phenoxy) is 2. The summed E-state index contributed by atoms with van der Waals surface area (Å²) in [5.41, 5.74) is 6.57. The van der Waals surface area contributed by atoms with Gasteiger partial charge in [0.1, 0.15) is 19.0 Å². The lowest BCUT2D eigenvalue weighted by atomic mass is 10.2. The standard InChI is InChI=1S/C17H22N2O3/c1-13-5-3-6-15(11-13)21-9-10-22-16-7-4-8-19(17(16)20)14(2)12-18/h3-8,11,14H,9-10,12,18H2,1-2H3. The Morgan fingerprint density at radius 2 is 1.95 bits per heavy atom. The van der Waals surface area contributed by atoms with E-state index in [0.29, 0.717) is 25.5 Å². The van der Waals surface area contributed by atoms with Crippen LogP contribution >= 0.6 is 0 Å². The van der Waals surface area contributed by atoms with Gasteiger partial charge in [-0.3, -0.25) is 4.79 Å². The van der Waals surface area contributed by atoms with E-state index in [1.807, 2.05) is 38.1 Å². The van der Waals surface area contributed by atoms with Crippen molar-refractivity contribution in [3.05, 3.63) is 58.5 Å². The van der Waals surface area contributed by atoms with Crippen LogP contribution in [0, 0.1) is 6.92 Å². The van der Waals surface area contributed by atoms with Gasteiger partial charge in [-0.1, -0.05) is 12.1 Å². The van der Waals surface area contributed by atoms with Crippen LogP contribution in [0.15, 0.2) is 47.4 Å². The minimum atomic E-state index is -0.170. The number of benzene rings is 1. The zero-order chi connectivity index (χ0) is 15.9. The van der Waals surface area contributed by atoms with Gasteiger partial charge < -0.3 is 19.8 Å². The van der Waals surface area contributed by atoms with Crippen molar-refractivity contribution in [2.24, 2.45) is 5.73 Å². The second kappa shape index (κ2) is 7.66. The fraction of sp³-hybridized carbons (Fsp3) is 0.353. The summed E-state index contributed by atoms with van der Waals surface area (Å²) in [7, 11) is 0. The second-order valence-electron chi connectivity index (χ2n) is 5.18. The molecule has 0 amide bonds. The van der Waals surface area contributed by atoms with Crippen LogP contribution in [-0.4, -0.2) is 24.3 Å². The monoisotopic (exact) mass is 302 g/mol. The molecule has 5 nitrogen and oxygen atoms in total. The van der Waals surface area contributed by atoms with Crippen molar-refractivity contribution in [2.75, 3.05) is 19.8 Å². The largest absolute Gasteiger partial charge is 0.490 e. The van der Waals surface area contributed by atoms with Crippen molar-refractivity contribution in [3.63, 3.8) is 0 Å². The lowest BCUT2D eigenvalue weighted by Crippen LogP contribution is -2.28. The highest BCUT2D eigenvalue weighted by Gasteiger charge is 2.08. The molecule has 1 aromatic heterocycles. The molecule has 5 heteroatoms. The molecule has 0 bridgehead atoms. The van der Waals surface area contributed by atoms with Gasteiger partial charge in [0.15, 0.2) is 5.75 Å². The fourth-order valence-corrected chi connectivity index (χ4v) is 2.08. The number of nitrogens with two attached hydrogens (primary N) is 1. The lowest BCUT2D eigenvalue weighted by molar-refractivity contribution is 0.214. The highest BCUT2D eigenvalue weighted by atomic mass is 16.5. The first-order valence-corrected chi connectivity index (χ1v) is 7.35. The number of nitrogens with zero attached hydrogens (tertiary/aromatic N) is 1. The van der Waals surface area contributed by atoms with E-state index in [9.17, 15) is 4.79 Å². The average molecular weight is 302 g/mol. The number of aromatic nitrogens is 1. The van der Waals surface area contributed by atoms with E-state index in [2.05, 4.69) is 0 Å². The Bertz CT molecular complexity index is 667. The molecule has 0 saturated heterocycles. The van der Waals surface area contributed by atoms with E-state index in [1.165, 1.54) is 0 Å². The number of hydrogen-bond acceptors (Lipinski definition) is 4. The van der Waals surface area contributed by atoms with Crippen molar-refractivity contribution in [3.8, 4) is 11.5 Å². The van der Waals surface area contributed by atoms with E-state index < -0.39 is 0 Å². The fourth-order valence-electron chi connectivity index (χ4n) is 2.08. The van der Waals surface area contributed by atoms with E-state index in [1.54, 1.807) is 22.9 Å². The minimum Gasteiger partial charge on any atom is -0.490 e. The molecule has 118 valence electrons. The first-order valence-electron chi connectivity index (χ1n) is 7.35. The van der Waals surface area contributed by atoms with Crippen LogP contribution in [0.5, 0.6) is 11.5 Å². The van der Waals surface area contributed by atoms with Crippen molar-refractivity contribution < 1.29 is 9.47 Å². The molecular formula is C17H22N2O3. The molecule has 0 aliphatic heterocycles. The van der Waals surface area contributed by atoms with Crippen LogP contribution in [0.4, 0.5) is 0 Å². The van der Waals surface area contributed by atoms with Gasteiger partial charge in [-0.25, -0.2) is 0 Å². The predicted molar refractivity (Wildman–Crippen MR) is 86.6 cm³/mol. The summed E-state index contributed by atoms with van der Waals surface area (Å²) in [6.45, 7) is 4.99. The van der Waals surface area contributed by atoms with E-state index in [0.717, 1.165) is 11.3 Å². The van der Waals surface area contributed by atoms with Crippen LogP contribution in [0.3, 0.4) is 0 Å². The van der Waals surface area contributed by atoms with Crippen LogP contribution in [-0.2, 0) is 0 Å². The van der Waals surface area contributed by atoms with Crippen molar-refractivity contribution >= 4 is 0 Å². The number of hydrogen-bond donors (Lipinski definition) is 1. The third kappa shape index (κ3) is 4.11. The van der Waals surface area contributed by atoms with Gasteiger partial charge in [-0.2, -0.15) is 0 Å². The Hall–Kier alpha value is -2.27. The van der Waals surface area contributed by atoms with Crippen molar-refractivity contribution in [1.29, 1.82) is 0 Å². The maximum Gasteiger partial charge on any atom is 0.293 e. The Balaban J connectivity index is 1.91. The minimum absolute atomic E-state index is 0.0559. The molecule has 22 heavy (non-hydrogen) atoms. The molecule has 0 fully saturated rings. The quantitative estimate of drug-likeness (QED) is 0.796. The van der Waals surface area contributed by atoms with Gasteiger partial charge in [0.05, 0.1) is 0 Å². The normalized spacial score (nSPS) is 12.0. The molecule has 2 aromatic rings. The van der Waals surface area contributed by atoms with Crippen molar-refractivity contribution in [2.45, 2.75) is 19.9 Å². The first kappa shape index (κ1) is 16.1. The topological polar surface area (TPSA) is 66.5 Å². The molecule has 0 radical (unpaired) electrons. The highest BCUT2D eigenvalue weighted by Crippen LogP contribution is 2.12. The molecule has 0 aliphatic carbocycles. The first-order chi connectivity index (χ1) is 10.6. The SMILES string of the molecule is Cc1cccc(OCCOc2cccn(C(C)CN)c2=O)c1. The van der Waals surface area contributed by atoms with Gasteiger partial charge in [-0.05, 0) is 43.7 Å². The number of aryl methyl sites for hydroxylation is 1. The second-order valence-corrected chi connectivity index (χ2v) is 5.18. The summed E-state index contributed by atoms with van der Waals surface area (Å²) in [6.07, 6.45) is 1.72. The van der Waals surface area contributed by atoms with Crippen LogP contribution in [0.25, 0.3) is 0 Å². The van der Waals surface area contributed by atoms with Gasteiger partial charge in [0, 0.05) is 18.8 Å². The molecule has 0 spiro atoms. The Morgan fingerprint density at radius 3 is 2.68 bits per heavy atom. The van der Waals surface area contributed by atoms with Crippen LogP contribution in [0.2, 0.25) is 0 Å². The van der Waals surface area contributed by atoms with E-state index in [4.69, 9.17) is 15.2 Å². The number of pyridine rings is 1. The summed E-state index contributed by atoms with van der Waals surface area (Å²) in [5.74, 6) is 1.11. The average Bonchev–Trinajstić information content (AvgIpc) is 2.52. The molecule has 0 aliphatic rings. The zero-order valence-corrected chi connectivity index (χ0v) is 13.0. The van der Waals surface area contributed by atoms with Gasteiger partial charge >= 0.3 is 0 Å². The Morgan fingerprint density at radius 1 is 1.18 bits per heavy atom. The van der Waals surface area contributed by atoms with Crippen LogP contribution in [0.1, 0.15) is 18.5 Å². The number of rotatable bonds is 7. The molecule has 1 heterocycles. The zero-order valence-electron chi connectivity index (χ0n) is 13.0. The third-order valence-electron chi connectivity index (χ3n) is 3.35. The maximum atomic E-state index is 12.2. The molecule has 1 atom stereocenters. The van der Waals surface area contributed by atoms with Gasteiger partial charge in [0.2, 0.25) is 0 Å². The molecule has 2 rings (SSSR count). The molecule has 1 unspecified atom stereocenters. The summed E-state index contributed by atoms with van der Waals surface area (Å²) < 4.78 is 12.7. The molecule has 0 saturated carbocycles. The van der Waals surface area contributed by atoms with Gasteiger partial charge in [0.25, 0.3) is 5.56 Å². The summed E-state index contributed by atoms with van der Waals surface area (Å²) in [6, 6.07) is 11.2. The summed E-state index contributed by atoms with van der Waals surface area (Å²) in [5, 5.41) is 0. The Labute approximate surface area is 130 Å². The Kier molecular flexibility index (Phi) is 5.61. The van der Waals surface area contributed by atoms with E-state index in [-0.39, 0.29) is 11.6 Å². The predicted octanol–water partition coefficient (Wildman–Crippen LogP) is 2.13. The third-order valence-corrected chi connectivity index (χ3v) is 3.35. The maximum absolute atomic E-state index is 12.2. The molecule has 2 N–H and O–H groups in total. The summed E-state index contributed by atoms with van der Waals surface area (Å²) >= 11 is 0. The molecule has 1 aromatic carbocycles. The van der Waals surface area contributed by atoms with Crippen LogP contribution < -0.4 is 20.8 Å². The van der Waals surface area contributed by atoms with Crippen molar-refractivity contribution in [1.82, 2.24) is 4.57 Å². The lowest BCUT2D eigenvalue weighted by Gasteiger charge is -2.14. The van der Waals surface area contributed by atoms with E-state index >= 15 is 0 Å². The highest BCUT2D eigenvalue weighted by molar-refractivity contribution is 5.27. The molecular weight excluding hydrogens is 280 g/mol.